The molecule has 0 unspecified atom stereocenters. The smallest absolute Gasteiger partial charge is 0.347 e. The number of carbonyl (C=O) groups excluding carboxylic acids is 2. The van der Waals surface area contributed by atoms with Crippen LogP contribution in [0.4, 0.5) is 5.69 Å². The Kier molecular flexibility index (Phi) is 4.38. The van der Waals surface area contributed by atoms with Gasteiger partial charge in [0.2, 0.25) is 0 Å². The van der Waals surface area contributed by atoms with Crippen molar-refractivity contribution in [3.05, 3.63) is 76.3 Å². The summed E-state index contributed by atoms with van der Waals surface area (Å²) in [6.07, 6.45) is 0. The molecule has 0 heterocycles. The van der Waals surface area contributed by atoms with Gasteiger partial charge in [0.15, 0.2) is 0 Å². The Labute approximate surface area is 141 Å². The number of nitrogens with zero attached hydrogens (tertiary/aromatic N) is 1. The number of carbonyl (C=O) groups is 2. The van der Waals surface area contributed by atoms with Crippen LogP contribution in [0.5, 0.6) is 11.5 Å². The summed E-state index contributed by atoms with van der Waals surface area (Å²) in [6.45, 7) is 0.133. The first kappa shape index (κ1) is 16.1. The van der Waals surface area contributed by atoms with E-state index >= 15 is 0 Å². The van der Waals surface area contributed by atoms with Crippen molar-refractivity contribution in [1.82, 2.24) is 0 Å². The fourth-order valence-corrected chi connectivity index (χ4v) is 2.34. The highest BCUT2D eigenvalue weighted by Crippen LogP contribution is 2.27. The van der Waals surface area contributed by atoms with Gasteiger partial charge in [0.05, 0.1) is 4.92 Å². The van der Waals surface area contributed by atoms with Gasteiger partial charge in [0, 0.05) is 12.1 Å². The summed E-state index contributed by atoms with van der Waals surface area (Å²) >= 11 is 0. The Morgan fingerprint density at radius 1 is 1.00 bits per heavy atom. The topological polar surface area (TPSA) is 95.7 Å². The first-order valence-corrected chi connectivity index (χ1v) is 7.18. The average Bonchev–Trinajstić information content (AvgIpc) is 2.62. The van der Waals surface area contributed by atoms with Crippen LogP contribution in [-0.4, -0.2) is 17.4 Å². The van der Waals surface area contributed by atoms with Gasteiger partial charge in [-0.2, -0.15) is 0 Å². The van der Waals surface area contributed by atoms with Crippen LogP contribution in [0.15, 0.2) is 60.7 Å². The Hall–Kier alpha value is -3.74. The lowest BCUT2D eigenvalue weighted by Crippen LogP contribution is -2.11. The van der Waals surface area contributed by atoms with E-state index in [0.717, 1.165) is 22.9 Å². The molecule has 0 amide bonds. The van der Waals surface area contributed by atoms with Gasteiger partial charge in [-0.15, -0.1) is 0 Å². The Morgan fingerprint density at radius 2 is 1.76 bits per heavy atom. The summed E-state index contributed by atoms with van der Waals surface area (Å²) in [5.41, 5.74) is -0.529. The number of nitro benzene ring substituents is 1. The van der Waals surface area contributed by atoms with Gasteiger partial charge >= 0.3 is 5.97 Å². The summed E-state index contributed by atoms with van der Waals surface area (Å²) in [5, 5.41) is 12.7. The molecule has 0 fully saturated rings. The number of esters is 1. The minimum absolute atomic E-state index is 0.119. The second kappa shape index (κ2) is 6.79. The normalized spacial score (nSPS) is 10.2. The van der Waals surface area contributed by atoms with Crippen molar-refractivity contribution in [3.8, 4) is 11.5 Å². The molecule has 0 saturated carbocycles. The highest BCUT2D eigenvalue weighted by Gasteiger charge is 2.20. The Morgan fingerprint density at radius 3 is 2.48 bits per heavy atom. The number of nitro groups is 1. The lowest BCUT2D eigenvalue weighted by Gasteiger charge is -2.08. The summed E-state index contributed by atoms with van der Waals surface area (Å²) in [7, 11) is 0. The zero-order valence-corrected chi connectivity index (χ0v) is 12.7. The Balaban J connectivity index is 1.94. The first-order valence-electron chi connectivity index (χ1n) is 7.18. The highest BCUT2D eigenvalue weighted by molar-refractivity contribution is 5.95. The lowest BCUT2D eigenvalue weighted by atomic mass is 10.1. The maximum atomic E-state index is 12.4. The molecule has 0 spiro atoms. The van der Waals surface area contributed by atoms with Crippen LogP contribution in [-0.2, 0) is 4.79 Å². The molecule has 0 aliphatic rings. The van der Waals surface area contributed by atoms with Gasteiger partial charge in [-0.25, -0.2) is 4.79 Å². The summed E-state index contributed by atoms with van der Waals surface area (Å²) < 4.78 is 9.97. The molecule has 0 N–H and O–H groups in total. The number of non-ortho nitro benzene ring substituents is 1. The Bertz CT molecular complexity index is 982. The second-order valence-corrected chi connectivity index (χ2v) is 5.05. The predicted octanol–water partition coefficient (Wildman–Crippen LogP) is 3.50. The van der Waals surface area contributed by atoms with Gasteiger partial charge in [-0.3, -0.25) is 14.9 Å². The van der Waals surface area contributed by atoms with E-state index in [-0.39, 0.29) is 29.2 Å². The monoisotopic (exact) mass is 337 g/mol. The number of ether oxygens (including phenoxy) is 2. The van der Waals surface area contributed by atoms with E-state index in [4.69, 9.17) is 9.47 Å². The number of rotatable bonds is 5. The highest BCUT2D eigenvalue weighted by atomic mass is 16.6. The molecular weight excluding hydrogens is 326 g/mol. The fourth-order valence-electron chi connectivity index (χ4n) is 2.34. The molecular formula is C18H11NO6. The quantitative estimate of drug-likeness (QED) is 0.232. The zero-order chi connectivity index (χ0) is 17.8. The van der Waals surface area contributed by atoms with E-state index in [2.05, 4.69) is 0 Å². The second-order valence-electron chi connectivity index (χ2n) is 5.05. The summed E-state index contributed by atoms with van der Waals surface area (Å²) in [6, 6.07) is 15.9. The maximum Gasteiger partial charge on any atom is 0.347 e. The van der Waals surface area contributed by atoms with Crippen molar-refractivity contribution >= 4 is 28.9 Å². The molecule has 3 rings (SSSR count). The molecule has 0 radical (unpaired) electrons. The van der Waals surface area contributed by atoms with Gasteiger partial charge < -0.3 is 9.47 Å². The third kappa shape index (κ3) is 3.45. The molecule has 0 aliphatic carbocycles. The van der Waals surface area contributed by atoms with Crippen molar-refractivity contribution in [2.75, 3.05) is 0 Å². The third-order valence-corrected chi connectivity index (χ3v) is 3.50. The van der Waals surface area contributed by atoms with E-state index in [1.807, 2.05) is 24.3 Å². The average molecular weight is 337 g/mol. The largest absolute Gasteiger partial charge is 0.428 e. The maximum absolute atomic E-state index is 12.4. The van der Waals surface area contributed by atoms with Crippen molar-refractivity contribution < 1.29 is 24.0 Å². The third-order valence-electron chi connectivity index (χ3n) is 3.50. The van der Waals surface area contributed by atoms with Crippen LogP contribution in [0, 0.1) is 10.1 Å². The predicted molar refractivity (Wildman–Crippen MR) is 88.7 cm³/mol. The fraction of sp³-hybridized carbons (Fsp3) is 0. The van der Waals surface area contributed by atoms with Crippen LogP contribution in [0.25, 0.3) is 10.8 Å². The molecule has 3 aromatic rings. The molecule has 3 aromatic carbocycles. The first-order chi connectivity index (χ1) is 12.1. The number of fused-ring (bicyclic) bond motifs is 1. The van der Waals surface area contributed by atoms with Gasteiger partial charge in [0.25, 0.3) is 12.2 Å². The van der Waals surface area contributed by atoms with Crippen LogP contribution < -0.4 is 9.47 Å². The molecule has 7 heteroatoms. The molecule has 124 valence electrons. The van der Waals surface area contributed by atoms with Crippen molar-refractivity contribution in [1.29, 1.82) is 0 Å². The van der Waals surface area contributed by atoms with Gasteiger partial charge in [-0.05, 0) is 29.0 Å². The molecule has 7 nitrogen and oxygen atoms in total. The number of hydrogen-bond donors (Lipinski definition) is 0. The van der Waals surface area contributed by atoms with Crippen molar-refractivity contribution in [3.63, 3.8) is 0 Å². The van der Waals surface area contributed by atoms with E-state index in [1.165, 1.54) is 6.07 Å². The molecule has 0 atom stereocenters. The van der Waals surface area contributed by atoms with Crippen LogP contribution >= 0.6 is 0 Å². The summed E-state index contributed by atoms with van der Waals surface area (Å²) in [4.78, 5) is 33.2. The molecule has 0 bridgehead atoms. The standard InChI is InChI=1S/C18H11NO6/c20-11-24-17-8-6-14(19(22)23)10-16(17)18(21)25-15-7-5-12-3-1-2-4-13(12)9-15/h1-11H. The number of benzene rings is 3. The van der Waals surface area contributed by atoms with E-state index in [1.54, 1.807) is 18.2 Å². The lowest BCUT2D eigenvalue weighted by molar-refractivity contribution is -0.384. The van der Waals surface area contributed by atoms with Crippen molar-refractivity contribution in [2.45, 2.75) is 0 Å². The molecule has 0 aromatic heterocycles. The van der Waals surface area contributed by atoms with Crippen LogP contribution in [0.1, 0.15) is 10.4 Å². The van der Waals surface area contributed by atoms with Crippen LogP contribution in [0.2, 0.25) is 0 Å². The van der Waals surface area contributed by atoms with E-state index in [0.29, 0.717) is 0 Å². The zero-order valence-electron chi connectivity index (χ0n) is 12.7. The molecule has 0 aliphatic heterocycles. The summed E-state index contributed by atoms with van der Waals surface area (Å²) in [5.74, 6) is -0.713. The van der Waals surface area contributed by atoms with E-state index in [9.17, 15) is 19.7 Å². The molecule has 25 heavy (non-hydrogen) atoms. The van der Waals surface area contributed by atoms with Crippen molar-refractivity contribution in [2.24, 2.45) is 0 Å². The minimum Gasteiger partial charge on any atom is -0.428 e. The molecule has 0 saturated heterocycles. The minimum atomic E-state index is -0.865. The van der Waals surface area contributed by atoms with Crippen LogP contribution in [0.3, 0.4) is 0 Å². The van der Waals surface area contributed by atoms with Gasteiger partial charge in [0.1, 0.15) is 17.1 Å². The van der Waals surface area contributed by atoms with Gasteiger partial charge in [-0.1, -0.05) is 30.3 Å². The SMILES string of the molecule is O=COc1ccc([N+](=O)[O-])cc1C(=O)Oc1ccc2ccccc2c1. The van der Waals surface area contributed by atoms with E-state index < -0.39 is 10.9 Å². The number of hydrogen-bond acceptors (Lipinski definition) is 6.